The molecule has 1 saturated heterocycles. The maximum absolute atomic E-state index is 13.1. The summed E-state index contributed by atoms with van der Waals surface area (Å²) in [5, 5.41) is 11.6. The summed E-state index contributed by atoms with van der Waals surface area (Å²) in [5.74, 6) is -2.65. The van der Waals surface area contributed by atoms with Gasteiger partial charge in [-0.25, -0.2) is 10.3 Å². The van der Waals surface area contributed by atoms with Gasteiger partial charge in [-0.1, -0.05) is 40.0 Å². The van der Waals surface area contributed by atoms with Gasteiger partial charge < -0.3 is 15.0 Å². The molecule has 0 saturated carbocycles. The van der Waals surface area contributed by atoms with Crippen LogP contribution < -0.4 is 10.8 Å². The van der Waals surface area contributed by atoms with Gasteiger partial charge in [0.25, 0.3) is 0 Å². The second kappa shape index (κ2) is 12.4. The molecule has 0 aromatic heterocycles. The quantitative estimate of drug-likeness (QED) is 0.203. The summed E-state index contributed by atoms with van der Waals surface area (Å²) in [4.78, 5) is 51.0. The number of hydrogen-bond acceptors (Lipinski definition) is 6. The Balaban J connectivity index is 2.90. The van der Waals surface area contributed by atoms with Crippen LogP contribution in [0.3, 0.4) is 0 Å². The van der Waals surface area contributed by atoms with Crippen LogP contribution in [0.4, 0.5) is 0 Å². The van der Waals surface area contributed by atoms with E-state index in [1.165, 1.54) is 12.0 Å². The van der Waals surface area contributed by atoms with E-state index in [4.69, 9.17) is 9.94 Å². The number of unbranched alkanes of at least 4 members (excludes halogenated alkanes) is 2. The molecule has 3 N–H and O–H groups in total. The van der Waals surface area contributed by atoms with Crippen molar-refractivity contribution in [2.45, 2.75) is 77.8 Å². The maximum Gasteiger partial charge on any atom is 0.328 e. The molecule has 166 valence electrons. The van der Waals surface area contributed by atoms with Crippen molar-refractivity contribution < 1.29 is 29.1 Å². The molecule has 9 heteroatoms. The van der Waals surface area contributed by atoms with Crippen LogP contribution in [0.1, 0.15) is 65.7 Å². The molecule has 0 aliphatic carbocycles. The van der Waals surface area contributed by atoms with Crippen LogP contribution in [0.2, 0.25) is 0 Å². The number of nitrogens with zero attached hydrogens (tertiary/aromatic N) is 1. The molecule has 0 aromatic rings. The minimum Gasteiger partial charge on any atom is -0.467 e. The molecule has 3 atom stereocenters. The van der Waals surface area contributed by atoms with E-state index in [0.717, 1.165) is 19.3 Å². The molecule has 1 fully saturated rings. The molecule has 1 unspecified atom stereocenters. The van der Waals surface area contributed by atoms with Gasteiger partial charge >= 0.3 is 5.97 Å². The van der Waals surface area contributed by atoms with Gasteiger partial charge in [-0.2, -0.15) is 0 Å². The van der Waals surface area contributed by atoms with Crippen LogP contribution in [0, 0.1) is 11.8 Å². The fourth-order valence-corrected chi connectivity index (χ4v) is 3.61. The predicted octanol–water partition coefficient (Wildman–Crippen LogP) is 1.38. The van der Waals surface area contributed by atoms with E-state index in [-0.39, 0.29) is 18.2 Å². The Labute approximate surface area is 172 Å². The van der Waals surface area contributed by atoms with Crippen molar-refractivity contribution in [1.82, 2.24) is 15.7 Å². The number of esters is 1. The molecular weight excluding hydrogens is 378 g/mol. The third-order valence-electron chi connectivity index (χ3n) is 5.32. The number of carbonyl (C=O) groups excluding carboxylic acids is 4. The van der Waals surface area contributed by atoms with Crippen LogP contribution in [0.5, 0.6) is 0 Å². The van der Waals surface area contributed by atoms with Crippen molar-refractivity contribution in [3.05, 3.63) is 0 Å². The number of likely N-dealkylation sites (tertiary alicyclic amines) is 1. The second-order valence-corrected chi connectivity index (χ2v) is 7.87. The molecule has 0 aromatic carbocycles. The first-order valence-electron chi connectivity index (χ1n) is 10.4. The molecule has 1 heterocycles. The number of carbonyl (C=O) groups is 4. The fraction of sp³-hybridized carbons (Fsp3) is 0.800. The Bertz CT molecular complexity index is 581. The second-order valence-electron chi connectivity index (χ2n) is 7.87. The lowest BCUT2D eigenvalue weighted by molar-refractivity contribution is -0.152. The number of hydroxylamine groups is 1. The van der Waals surface area contributed by atoms with E-state index in [9.17, 15) is 19.2 Å². The molecule has 29 heavy (non-hydrogen) atoms. The Hall–Kier alpha value is -2.16. The van der Waals surface area contributed by atoms with E-state index in [1.54, 1.807) is 5.48 Å². The average Bonchev–Trinajstić information content (AvgIpc) is 3.19. The highest BCUT2D eigenvalue weighted by atomic mass is 16.5. The molecule has 1 aliphatic rings. The van der Waals surface area contributed by atoms with Crippen LogP contribution in [0.25, 0.3) is 0 Å². The smallest absolute Gasteiger partial charge is 0.328 e. The fourth-order valence-electron chi connectivity index (χ4n) is 3.61. The van der Waals surface area contributed by atoms with Crippen LogP contribution in [-0.2, 0) is 23.9 Å². The van der Waals surface area contributed by atoms with Gasteiger partial charge in [0.15, 0.2) is 0 Å². The molecule has 0 bridgehead atoms. The first-order chi connectivity index (χ1) is 13.8. The Kier molecular flexibility index (Phi) is 10.6. The zero-order valence-corrected chi connectivity index (χ0v) is 17.9. The summed E-state index contributed by atoms with van der Waals surface area (Å²) in [6, 6.07) is -1.44. The number of methoxy groups -OCH3 is 1. The molecule has 0 radical (unpaired) electrons. The lowest BCUT2D eigenvalue weighted by Gasteiger charge is -2.30. The predicted molar refractivity (Wildman–Crippen MR) is 106 cm³/mol. The van der Waals surface area contributed by atoms with E-state index >= 15 is 0 Å². The van der Waals surface area contributed by atoms with Crippen LogP contribution in [-0.4, -0.2) is 59.5 Å². The van der Waals surface area contributed by atoms with Crippen molar-refractivity contribution >= 4 is 23.7 Å². The molecule has 1 aliphatic heterocycles. The van der Waals surface area contributed by atoms with Gasteiger partial charge in [-0.15, -0.1) is 0 Å². The summed E-state index contributed by atoms with van der Waals surface area (Å²) in [7, 11) is 1.29. The topological polar surface area (TPSA) is 125 Å². The zero-order chi connectivity index (χ0) is 22.0. The minimum absolute atomic E-state index is 0.153. The van der Waals surface area contributed by atoms with Crippen molar-refractivity contribution in [2.75, 3.05) is 13.7 Å². The van der Waals surface area contributed by atoms with Gasteiger partial charge in [-0.3, -0.25) is 19.6 Å². The SMILES string of the molecule is CCCCC[C@H](CC(=O)NO)C(=O)N[C@H](C(=O)N1CCCC1C(=O)OC)C(C)C. The first kappa shape index (κ1) is 24.9. The highest BCUT2D eigenvalue weighted by molar-refractivity contribution is 5.93. The van der Waals surface area contributed by atoms with Crippen LogP contribution >= 0.6 is 0 Å². The van der Waals surface area contributed by atoms with Crippen molar-refractivity contribution in [3.8, 4) is 0 Å². The van der Waals surface area contributed by atoms with Crippen molar-refractivity contribution in [2.24, 2.45) is 11.8 Å². The Morgan fingerprint density at radius 2 is 1.90 bits per heavy atom. The Morgan fingerprint density at radius 3 is 2.45 bits per heavy atom. The Morgan fingerprint density at radius 1 is 1.21 bits per heavy atom. The summed E-state index contributed by atoms with van der Waals surface area (Å²) in [5.41, 5.74) is 1.56. The third-order valence-corrected chi connectivity index (χ3v) is 5.32. The number of nitrogens with one attached hydrogen (secondary N) is 2. The maximum atomic E-state index is 13.1. The molecule has 0 spiro atoms. The standard InChI is InChI=1S/C20H35N3O6/c1-5-6-7-9-14(12-16(24)22-28)18(25)21-17(13(2)3)19(26)23-11-8-10-15(23)20(27)29-4/h13-15,17,28H,5-12H2,1-4H3,(H,21,25)(H,22,24)/t14-,15?,17+/m1/s1. The highest BCUT2D eigenvalue weighted by Gasteiger charge is 2.39. The number of amides is 3. The molecule has 3 amide bonds. The van der Waals surface area contributed by atoms with Gasteiger partial charge in [0.1, 0.15) is 12.1 Å². The first-order valence-corrected chi connectivity index (χ1v) is 10.4. The lowest BCUT2D eigenvalue weighted by atomic mass is 9.94. The average molecular weight is 414 g/mol. The summed E-state index contributed by atoms with van der Waals surface area (Å²) < 4.78 is 4.80. The summed E-state index contributed by atoms with van der Waals surface area (Å²) in [6.45, 7) is 6.11. The molecular formula is C20H35N3O6. The normalized spacial score (nSPS) is 18.3. The van der Waals surface area contributed by atoms with Gasteiger partial charge in [0, 0.05) is 18.9 Å². The van der Waals surface area contributed by atoms with Crippen molar-refractivity contribution in [1.29, 1.82) is 0 Å². The van der Waals surface area contributed by atoms with Gasteiger partial charge in [0.05, 0.1) is 7.11 Å². The largest absolute Gasteiger partial charge is 0.467 e. The zero-order valence-electron chi connectivity index (χ0n) is 17.9. The third kappa shape index (κ3) is 7.30. The van der Waals surface area contributed by atoms with E-state index in [1.807, 2.05) is 20.8 Å². The molecule has 1 rings (SSSR count). The summed E-state index contributed by atoms with van der Waals surface area (Å²) in [6.07, 6.45) is 4.22. The minimum atomic E-state index is -0.807. The van der Waals surface area contributed by atoms with Gasteiger partial charge in [-0.05, 0) is 25.2 Å². The number of hydrogen-bond donors (Lipinski definition) is 3. The number of rotatable bonds is 11. The van der Waals surface area contributed by atoms with Gasteiger partial charge in [0.2, 0.25) is 17.7 Å². The van der Waals surface area contributed by atoms with Crippen LogP contribution in [0.15, 0.2) is 0 Å². The monoisotopic (exact) mass is 413 g/mol. The molecule has 9 nitrogen and oxygen atoms in total. The lowest BCUT2D eigenvalue weighted by Crippen LogP contribution is -2.55. The number of ether oxygens (including phenoxy) is 1. The summed E-state index contributed by atoms with van der Waals surface area (Å²) >= 11 is 0. The van der Waals surface area contributed by atoms with E-state index < -0.39 is 35.8 Å². The highest BCUT2D eigenvalue weighted by Crippen LogP contribution is 2.22. The van der Waals surface area contributed by atoms with E-state index in [0.29, 0.717) is 25.8 Å². The van der Waals surface area contributed by atoms with E-state index in [2.05, 4.69) is 5.32 Å². The van der Waals surface area contributed by atoms with Crippen molar-refractivity contribution in [3.63, 3.8) is 0 Å².